The van der Waals surface area contributed by atoms with Crippen LogP contribution in [0.25, 0.3) is 0 Å². The lowest BCUT2D eigenvalue weighted by Crippen LogP contribution is -2.60. The van der Waals surface area contributed by atoms with Crippen molar-refractivity contribution in [1.29, 1.82) is 0 Å². The van der Waals surface area contributed by atoms with E-state index in [4.69, 9.17) is 0 Å². The van der Waals surface area contributed by atoms with Gasteiger partial charge in [-0.25, -0.2) is 0 Å². The lowest BCUT2D eigenvalue weighted by Gasteiger charge is -2.47. The molecular formula is C12H23N3. The summed E-state index contributed by atoms with van der Waals surface area (Å²) < 4.78 is 0. The highest BCUT2D eigenvalue weighted by atomic mass is 15.3. The molecule has 0 spiro atoms. The molecule has 3 nitrogen and oxygen atoms in total. The van der Waals surface area contributed by atoms with E-state index in [1.54, 1.807) is 0 Å². The summed E-state index contributed by atoms with van der Waals surface area (Å²) >= 11 is 0. The first-order chi connectivity index (χ1) is 6.94. The Morgan fingerprint density at radius 3 is 2.73 bits per heavy atom. The van der Waals surface area contributed by atoms with Gasteiger partial charge in [0.05, 0.1) is 0 Å². The molecule has 0 aromatic carbocycles. The summed E-state index contributed by atoms with van der Waals surface area (Å²) in [5.41, 5.74) is 0.740. The van der Waals surface area contributed by atoms with Crippen LogP contribution in [0.15, 0.2) is 4.99 Å². The summed E-state index contributed by atoms with van der Waals surface area (Å²) in [5.74, 6) is 1.13. The van der Waals surface area contributed by atoms with Crippen LogP contribution in [-0.2, 0) is 0 Å². The topological polar surface area (TPSA) is 27.6 Å². The monoisotopic (exact) mass is 209 g/mol. The number of hydrogen-bond donors (Lipinski definition) is 1. The molecule has 2 aliphatic heterocycles. The number of guanidine groups is 1. The number of fused-ring (bicyclic) bond motifs is 1. The van der Waals surface area contributed by atoms with E-state index in [0.29, 0.717) is 10.8 Å². The van der Waals surface area contributed by atoms with Gasteiger partial charge in [-0.1, -0.05) is 27.7 Å². The van der Waals surface area contributed by atoms with Crippen LogP contribution in [0.1, 0.15) is 34.1 Å². The maximum Gasteiger partial charge on any atom is 0.194 e. The van der Waals surface area contributed by atoms with Gasteiger partial charge in [-0.15, -0.1) is 0 Å². The number of nitrogens with one attached hydrogen (secondary N) is 1. The van der Waals surface area contributed by atoms with Gasteiger partial charge >= 0.3 is 0 Å². The lowest BCUT2D eigenvalue weighted by molar-refractivity contribution is 0.137. The van der Waals surface area contributed by atoms with Crippen molar-refractivity contribution in [3.8, 4) is 0 Å². The Morgan fingerprint density at radius 2 is 2.07 bits per heavy atom. The highest BCUT2D eigenvalue weighted by molar-refractivity contribution is 5.81. The zero-order valence-corrected chi connectivity index (χ0v) is 10.4. The highest BCUT2D eigenvalue weighted by Gasteiger charge is 2.37. The second-order valence-corrected chi connectivity index (χ2v) is 6.18. The van der Waals surface area contributed by atoms with Crippen LogP contribution in [0.2, 0.25) is 0 Å². The van der Waals surface area contributed by atoms with Gasteiger partial charge in [0, 0.05) is 37.0 Å². The number of rotatable bonds is 1. The van der Waals surface area contributed by atoms with Gasteiger partial charge in [0.1, 0.15) is 0 Å². The number of aliphatic imine (C=N–C) groups is 1. The lowest BCUT2D eigenvalue weighted by atomic mass is 9.83. The van der Waals surface area contributed by atoms with Crippen molar-refractivity contribution in [2.45, 2.75) is 34.1 Å². The van der Waals surface area contributed by atoms with Gasteiger partial charge < -0.3 is 10.2 Å². The van der Waals surface area contributed by atoms with Crippen molar-refractivity contribution in [3.05, 3.63) is 0 Å². The first-order valence-electron chi connectivity index (χ1n) is 5.97. The van der Waals surface area contributed by atoms with Crippen molar-refractivity contribution in [2.75, 3.05) is 26.2 Å². The van der Waals surface area contributed by atoms with Crippen molar-refractivity contribution < 1.29 is 0 Å². The summed E-state index contributed by atoms with van der Waals surface area (Å²) in [6, 6.07) is 0. The van der Waals surface area contributed by atoms with Gasteiger partial charge in [-0.3, -0.25) is 4.99 Å². The van der Waals surface area contributed by atoms with E-state index in [1.165, 1.54) is 6.42 Å². The standard InChI is InChI=1S/C12H23N3/c1-5-12(4)7-14-10-13-6-11(2,3)8-15(10)9-12/h5-9H2,1-4H3,(H,13,14). The van der Waals surface area contributed by atoms with Crippen LogP contribution in [-0.4, -0.2) is 37.0 Å². The minimum absolute atomic E-state index is 0.331. The predicted molar refractivity (Wildman–Crippen MR) is 64.1 cm³/mol. The van der Waals surface area contributed by atoms with Crippen LogP contribution < -0.4 is 5.32 Å². The fourth-order valence-electron chi connectivity index (χ4n) is 2.37. The van der Waals surface area contributed by atoms with Gasteiger partial charge in [0.15, 0.2) is 5.96 Å². The third-order valence-electron chi connectivity index (χ3n) is 3.67. The predicted octanol–water partition coefficient (Wildman–Crippen LogP) is 1.70. The zero-order chi connectivity index (χ0) is 11.1. The molecule has 0 amide bonds. The fourth-order valence-corrected chi connectivity index (χ4v) is 2.37. The molecule has 0 radical (unpaired) electrons. The minimum Gasteiger partial charge on any atom is -0.356 e. The minimum atomic E-state index is 0.331. The van der Waals surface area contributed by atoms with Crippen LogP contribution in [0.5, 0.6) is 0 Å². The summed E-state index contributed by atoms with van der Waals surface area (Å²) in [7, 11) is 0. The molecule has 1 unspecified atom stereocenters. The van der Waals surface area contributed by atoms with Crippen molar-refractivity contribution in [1.82, 2.24) is 10.2 Å². The average Bonchev–Trinajstić information content (AvgIpc) is 2.16. The SMILES string of the molecule is CCC1(C)CNC2=NCC(C)(C)CN2C1. The molecule has 1 fully saturated rings. The maximum absolute atomic E-state index is 4.64. The van der Waals surface area contributed by atoms with Crippen molar-refractivity contribution in [3.63, 3.8) is 0 Å². The Balaban J connectivity index is 2.13. The molecule has 2 rings (SSSR count). The largest absolute Gasteiger partial charge is 0.356 e. The Labute approximate surface area is 92.9 Å². The van der Waals surface area contributed by atoms with E-state index in [0.717, 1.165) is 32.1 Å². The van der Waals surface area contributed by atoms with Crippen LogP contribution in [0.4, 0.5) is 0 Å². The van der Waals surface area contributed by atoms with Crippen molar-refractivity contribution in [2.24, 2.45) is 15.8 Å². The fraction of sp³-hybridized carbons (Fsp3) is 0.917. The molecule has 2 heterocycles. The van der Waals surface area contributed by atoms with E-state index in [1.807, 2.05) is 0 Å². The summed E-state index contributed by atoms with van der Waals surface area (Å²) in [6.07, 6.45) is 1.23. The summed E-state index contributed by atoms with van der Waals surface area (Å²) in [4.78, 5) is 7.06. The van der Waals surface area contributed by atoms with Gasteiger partial charge in [0.25, 0.3) is 0 Å². The highest BCUT2D eigenvalue weighted by Crippen LogP contribution is 2.30. The third kappa shape index (κ3) is 2.11. The Kier molecular flexibility index (Phi) is 2.44. The molecular weight excluding hydrogens is 186 g/mol. The first kappa shape index (κ1) is 10.8. The van der Waals surface area contributed by atoms with E-state index >= 15 is 0 Å². The van der Waals surface area contributed by atoms with Crippen LogP contribution in [0, 0.1) is 10.8 Å². The molecule has 1 N–H and O–H groups in total. The quantitative estimate of drug-likeness (QED) is 0.712. The molecule has 0 bridgehead atoms. The van der Waals surface area contributed by atoms with E-state index < -0.39 is 0 Å². The third-order valence-corrected chi connectivity index (χ3v) is 3.67. The first-order valence-corrected chi connectivity index (χ1v) is 5.97. The second-order valence-electron chi connectivity index (χ2n) is 6.18. The molecule has 1 atom stereocenters. The molecule has 0 aromatic rings. The van der Waals surface area contributed by atoms with E-state index in [-0.39, 0.29) is 0 Å². The molecule has 15 heavy (non-hydrogen) atoms. The molecule has 2 aliphatic rings. The van der Waals surface area contributed by atoms with E-state index in [9.17, 15) is 0 Å². The molecule has 0 aliphatic carbocycles. The molecule has 86 valence electrons. The molecule has 0 saturated carbocycles. The number of hydrogen-bond acceptors (Lipinski definition) is 3. The normalized spacial score (nSPS) is 34.1. The Morgan fingerprint density at radius 1 is 1.33 bits per heavy atom. The molecule has 0 aromatic heterocycles. The summed E-state index contributed by atoms with van der Waals surface area (Å²) in [5, 5.41) is 3.48. The Hall–Kier alpha value is -0.730. The zero-order valence-electron chi connectivity index (χ0n) is 10.4. The maximum atomic E-state index is 4.64. The molecule has 1 saturated heterocycles. The summed E-state index contributed by atoms with van der Waals surface area (Å²) in [6.45, 7) is 13.5. The van der Waals surface area contributed by atoms with Gasteiger partial charge in [-0.2, -0.15) is 0 Å². The van der Waals surface area contributed by atoms with Crippen LogP contribution >= 0.6 is 0 Å². The molecule has 3 heteroatoms. The smallest absolute Gasteiger partial charge is 0.194 e. The van der Waals surface area contributed by atoms with Gasteiger partial charge in [0.2, 0.25) is 0 Å². The average molecular weight is 209 g/mol. The number of nitrogens with zero attached hydrogens (tertiary/aromatic N) is 2. The van der Waals surface area contributed by atoms with Crippen molar-refractivity contribution >= 4 is 5.96 Å². The Bertz CT molecular complexity index is 283. The second kappa shape index (κ2) is 3.39. The van der Waals surface area contributed by atoms with E-state index in [2.05, 4.69) is 42.9 Å². The van der Waals surface area contributed by atoms with Gasteiger partial charge in [-0.05, 0) is 6.42 Å². The van der Waals surface area contributed by atoms with Crippen LogP contribution in [0.3, 0.4) is 0 Å².